The number of nitrogens with one attached hydrogen (secondary N) is 1. The molecule has 0 radical (unpaired) electrons. The summed E-state index contributed by atoms with van der Waals surface area (Å²) >= 11 is 0. The van der Waals surface area contributed by atoms with Gasteiger partial charge in [-0.25, -0.2) is 4.72 Å². The van der Waals surface area contributed by atoms with Crippen molar-refractivity contribution in [2.75, 3.05) is 45.9 Å². The minimum absolute atomic E-state index is 0.0746. The van der Waals surface area contributed by atoms with Gasteiger partial charge in [-0.15, -0.1) is 0 Å². The Morgan fingerprint density at radius 3 is 2.16 bits per heavy atom. The number of hydrogen-bond donors (Lipinski definition) is 1. The second-order valence-corrected chi connectivity index (χ2v) is 8.98. The quantitative estimate of drug-likeness (QED) is 0.685. The van der Waals surface area contributed by atoms with E-state index in [0.717, 1.165) is 39.1 Å². The van der Waals surface area contributed by atoms with E-state index in [1.807, 2.05) is 13.8 Å². The van der Waals surface area contributed by atoms with Crippen LogP contribution >= 0.6 is 0 Å². The van der Waals surface area contributed by atoms with E-state index in [-0.39, 0.29) is 18.2 Å². The topological polar surface area (TPSA) is 71.1 Å². The van der Waals surface area contributed by atoms with Crippen LogP contribution in [0.3, 0.4) is 0 Å². The highest BCUT2D eigenvalue weighted by atomic mass is 32.2. The fourth-order valence-electron chi connectivity index (χ4n) is 3.94. The van der Waals surface area contributed by atoms with E-state index < -0.39 is 10.2 Å². The third-order valence-electron chi connectivity index (χ3n) is 5.31. The van der Waals surface area contributed by atoms with Gasteiger partial charge in [-0.2, -0.15) is 12.7 Å². The summed E-state index contributed by atoms with van der Waals surface area (Å²) in [7, 11) is -3.49. The van der Waals surface area contributed by atoms with E-state index in [1.54, 1.807) is 0 Å². The summed E-state index contributed by atoms with van der Waals surface area (Å²) in [5, 5.41) is 0. The maximum absolute atomic E-state index is 12.8. The fraction of sp³-hybridized carbons (Fsp3) is 1.00. The highest BCUT2D eigenvalue weighted by Gasteiger charge is 2.33. The van der Waals surface area contributed by atoms with Crippen LogP contribution in [0.4, 0.5) is 0 Å². The molecule has 0 aromatic rings. The lowest BCUT2D eigenvalue weighted by Gasteiger charge is -2.39. The Morgan fingerprint density at radius 2 is 1.64 bits per heavy atom. The maximum Gasteiger partial charge on any atom is 0.279 e. The summed E-state index contributed by atoms with van der Waals surface area (Å²) in [6, 6.07) is 0.213. The van der Waals surface area contributed by atoms with E-state index in [9.17, 15) is 8.42 Å². The molecule has 0 unspecified atom stereocenters. The molecule has 2 fully saturated rings. The number of morpholine rings is 2. The molecule has 0 aromatic heterocycles. The Labute approximate surface area is 153 Å². The van der Waals surface area contributed by atoms with Crippen molar-refractivity contribution in [3.8, 4) is 0 Å². The summed E-state index contributed by atoms with van der Waals surface area (Å²) in [6.07, 6.45) is 1.95. The zero-order valence-corrected chi connectivity index (χ0v) is 16.9. The van der Waals surface area contributed by atoms with Crippen LogP contribution < -0.4 is 4.72 Å². The van der Waals surface area contributed by atoms with Crippen LogP contribution in [-0.4, -0.2) is 81.8 Å². The Kier molecular flexibility index (Phi) is 8.10. The first-order valence-corrected chi connectivity index (χ1v) is 11.0. The Morgan fingerprint density at radius 1 is 1.08 bits per heavy atom. The molecule has 1 N–H and O–H groups in total. The molecule has 0 aromatic carbocycles. The molecule has 2 saturated heterocycles. The average molecular weight is 378 g/mol. The molecule has 3 atom stereocenters. The standard InChI is InChI=1S/C17H35N3O4S/c1-5-16(6-2)17(19-7-9-23-10-8-19)11-18-25(21,22)20-12-14(3)24-15(4)13-20/h14-18H,5-13H2,1-4H3/t14-,15+,17-/m1/s1. The van der Waals surface area contributed by atoms with Crippen molar-refractivity contribution < 1.29 is 17.9 Å². The summed E-state index contributed by atoms with van der Waals surface area (Å²) in [4.78, 5) is 2.38. The lowest BCUT2D eigenvalue weighted by molar-refractivity contribution is -0.0445. The molecular formula is C17H35N3O4S. The number of hydrogen-bond acceptors (Lipinski definition) is 5. The van der Waals surface area contributed by atoms with Gasteiger partial charge in [-0.05, 0) is 19.8 Å². The monoisotopic (exact) mass is 377 g/mol. The first-order valence-electron chi connectivity index (χ1n) is 9.59. The van der Waals surface area contributed by atoms with Crippen LogP contribution in [0.2, 0.25) is 0 Å². The second-order valence-electron chi connectivity index (χ2n) is 7.22. The van der Waals surface area contributed by atoms with Gasteiger partial charge in [0.1, 0.15) is 0 Å². The van der Waals surface area contributed by atoms with Crippen LogP contribution in [0.15, 0.2) is 0 Å². The summed E-state index contributed by atoms with van der Waals surface area (Å²) < 4.78 is 41.1. The first-order chi connectivity index (χ1) is 11.9. The van der Waals surface area contributed by atoms with Crippen LogP contribution in [0.25, 0.3) is 0 Å². The van der Waals surface area contributed by atoms with Crippen molar-refractivity contribution in [3.63, 3.8) is 0 Å². The molecule has 0 amide bonds. The van der Waals surface area contributed by atoms with E-state index in [0.29, 0.717) is 25.6 Å². The van der Waals surface area contributed by atoms with Gasteiger partial charge in [-0.3, -0.25) is 4.90 Å². The van der Waals surface area contributed by atoms with Crippen LogP contribution in [0.1, 0.15) is 40.5 Å². The van der Waals surface area contributed by atoms with Crippen molar-refractivity contribution in [3.05, 3.63) is 0 Å². The van der Waals surface area contributed by atoms with Crippen molar-refractivity contribution in [1.82, 2.24) is 13.9 Å². The lowest BCUT2D eigenvalue weighted by Crippen LogP contribution is -2.56. The molecule has 7 nitrogen and oxygen atoms in total. The van der Waals surface area contributed by atoms with Crippen molar-refractivity contribution >= 4 is 10.2 Å². The third-order valence-corrected chi connectivity index (χ3v) is 6.82. The minimum atomic E-state index is -3.49. The number of ether oxygens (including phenoxy) is 2. The molecule has 0 saturated carbocycles. The molecule has 148 valence electrons. The predicted molar refractivity (Wildman–Crippen MR) is 98.8 cm³/mol. The average Bonchev–Trinajstić information content (AvgIpc) is 2.58. The van der Waals surface area contributed by atoms with Crippen LogP contribution in [-0.2, 0) is 19.7 Å². The van der Waals surface area contributed by atoms with Crippen LogP contribution in [0, 0.1) is 5.92 Å². The largest absolute Gasteiger partial charge is 0.379 e. The molecular weight excluding hydrogens is 342 g/mol. The molecule has 2 rings (SSSR count). The van der Waals surface area contributed by atoms with E-state index >= 15 is 0 Å². The smallest absolute Gasteiger partial charge is 0.279 e. The van der Waals surface area contributed by atoms with Gasteiger partial charge in [0.25, 0.3) is 10.2 Å². The SMILES string of the molecule is CCC(CC)[C@@H](CNS(=O)(=O)N1C[C@@H](C)O[C@@H](C)C1)N1CCOCC1. The normalized spacial score (nSPS) is 28.4. The summed E-state index contributed by atoms with van der Waals surface area (Å²) in [5.74, 6) is 0.475. The fourth-order valence-corrected chi connectivity index (χ4v) is 5.32. The molecule has 0 spiro atoms. The van der Waals surface area contributed by atoms with Gasteiger partial charge in [-0.1, -0.05) is 26.7 Å². The minimum Gasteiger partial charge on any atom is -0.379 e. The highest BCUT2D eigenvalue weighted by Crippen LogP contribution is 2.20. The van der Waals surface area contributed by atoms with Crippen LogP contribution in [0.5, 0.6) is 0 Å². The first kappa shape index (κ1) is 21.1. The van der Waals surface area contributed by atoms with E-state index in [1.165, 1.54) is 4.31 Å². The third kappa shape index (κ3) is 5.87. The van der Waals surface area contributed by atoms with Gasteiger partial charge in [0.15, 0.2) is 0 Å². The molecule has 8 heteroatoms. The van der Waals surface area contributed by atoms with E-state index in [2.05, 4.69) is 23.5 Å². The zero-order valence-electron chi connectivity index (χ0n) is 16.1. The molecule has 25 heavy (non-hydrogen) atoms. The van der Waals surface area contributed by atoms with Gasteiger partial charge in [0, 0.05) is 38.8 Å². The maximum atomic E-state index is 12.8. The van der Waals surface area contributed by atoms with Gasteiger partial charge >= 0.3 is 0 Å². The number of rotatable bonds is 8. The van der Waals surface area contributed by atoms with Gasteiger partial charge in [0.2, 0.25) is 0 Å². The van der Waals surface area contributed by atoms with Gasteiger partial charge in [0.05, 0.1) is 25.4 Å². The van der Waals surface area contributed by atoms with Crippen molar-refractivity contribution in [2.24, 2.45) is 5.92 Å². The zero-order chi connectivity index (χ0) is 18.4. The van der Waals surface area contributed by atoms with Gasteiger partial charge < -0.3 is 9.47 Å². The molecule has 2 heterocycles. The lowest BCUT2D eigenvalue weighted by atomic mass is 9.92. The summed E-state index contributed by atoms with van der Waals surface area (Å²) in [5.41, 5.74) is 0. The Bertz CT molecular complexity index is 482. The Hall–Kier alpha value is -0.250. The second kappa shape index (κ2) is 9.62. The van der Waals surface area contributed by atoms with Crippen molar-refractivity contribution in [2.45, 2.75) is 58.8 Å². The highest BCUT2D eigenvalue weighted by molar-refractivity contribution is 7.87. The molecule has 0 aliphatic carbocycles. The molecule has 2 aliphatic rings. The predicted octanol–water partition coefficient (Wildman–Crippen LogP) is 1.07. The molecule has 0 bridgehead atoms. The summed E-state index contributed by atoms with van der Waals surface area (Å²) in [6.45, 7) is 12.7. The Balaban J connectivity index is 2.02. The molecule has 2 aliphatic heterocycles. The van der Waals surface area contributed by atoms with Crippen molar-refractivity contribution in [1.29, 1.82) is 0 Å². The van der Waals surface area contributed by atoms with E-state index in [4.69, 9.17) is 9.47 Å². The number of nitrogens with zero attached hydrogens (tertiary/aromatic N) is 2.